The first-order valence-electron chi connectivity index (χ1n) is 10.4. The van der Waals surface area contributed by atoms with E-state index < -0.39 is 5.41 Å². The van der Waals surface area contributed by atoms with Crippen molar-refractivity contribution in [1.82, 2.24) is 15.1 Å². The molecule has 0 aromatic carbocycles. The number of rotatable bonds is 6. The lowest BCUT2D eigenvalue weighted by molar-refractivity contribution is -0.149. The van der Waals surface area contributed by atoms with Crippen LogP contribution in [0.1, 0.15) is 66.7 Å². The number of hydrogen-bond acceptors (Lipinski definition) is 4. The van der Waals surface area contributed by atoms with Crippen molar-refractivity contribution in [3.05, 3.63) is 0 Å². The molecule has 2 fully saturated rings. The quantitative estimate of drug-likeness (QED) is 0.738. The van der Waals surface area contributed by atoms with Gasteiger partial charge in [0.1, 0.15) is 0 Å². The molecule has 27 heavy (non-hydrogen) atoms. The smallest absolute Gasteiger partial charge is 0.237 e. The van der Waals surface area contributed by atoms with Gasteiger partial charge in [0, 0.05) is 25.2 Å². The molecule has 0 unspecified atom stereocenters. The summed E-state index contributed by atoms with van der Waals surface area (Å²) in [6.45, 7) is 11.3. The molecule has 0 spiro atoms. The van der Waals surface area contributed by atoms with E-state index in [9.17, 15) is 14.7 Å². The van der Waals surface area contributed by atoms with E-state index in [2.05, 4.69) is 24.1 Å². The van der Waals surface area contributed by atoms with Gasteiger partial charge < -0.3 is 15.3 Å². The fraction of sp³-hybridized carbons (Fsp3) is 0.905. The summed E-state index contributed by atoms with van der Waals surface area (Å²) in [5.41, 5.74) is -0.469. The number of nitrogens with one attached hydrogen (secondary N) is 1. The van der Waals surface area contributed by atoms with E-state index >= 15 is 0 Å². The Morgan fingerprint density at radius 3 is 2.33 bits per heavy atom. The predicted octanol–water partition coefficient (Wildman–Crippen LogP) is 2.01. The third-order valence-electron chi connectivity index (χ3n) is 6.48. The van der Waals surface area contributed by atoms with E-state index in [1.807, 2.05) is 32.7 Å². The maximum atomic E-state index is 13.4. The molecule has 1 aliphatic carbocycles. The minimum Gasteiger partial charge on any atom is -0.395 e. The first kappa shape index (κ1) is 22.2. The van der Waals surface area contributed by atoms with Crippen LogP contribution in [0.3, 0.4) is 0 Å². The van der Waals surface area contributed by atoms with Gasteiger partial charge in [-0.3, -0.25) is 14.5 Å². The highest BCUT2D eigenvalue weighted by atomic mass is 16.3. The summed E-state index contributed by atoms with van der Waals surface area (Å²) in [5.74, 6) is 0.0609. The van der Waals surface area contributed by atoms with Gasteiger partial charge in [0.2, 0.25) is 11.8 Å². The SMILES string of the molecule is CCNC(=O)[C@@H]1C[C@H](N(C(=O)C(C)(C)CO)C2CCC(C)(C)CC2)CN1C. The highest BCUT2D eigenvalue weighted by Crippen LogP contribution is 2.39. The molecule has 156 valence electrons. The molecule has 2 atom stereocenters. The van der Waals surface area contributed by atoms with E-state index in [0.29, 0.717) is 24.9 Å². The van der Waals surface area contributed by atoms with E-state index in [1.165, 1.54) is 0 Å². The summed E-state index contributed by atoms with van der Waals surface area (Å²) < 4.78 is 0. The summed E-state index contributed by atoms with van der Waals surface area (Å²) in [6.07, 6.45) is 4.85. The van der Waals surface area contributed by atoms with E-state index in [4.69, 9.17) is 0 Å². The number of likely N-dealkylation sites (N-methyl/N-ethyl adjacent to an activating group) is 2. The van der Waals surface area contributed by atoms with Gasteiger partial charge in [-0.15, -0.1) is 0 Å². The summed E-state index contributed by atoms with van der Waals surface area (Å²) in [4.78, 5) is 29.9. The topological polar surface area (TPSA) is 72.9 Å². The number of hydrogen-bond donors (Lipinski definition) is 2. The number of carbonyl (C=O) groups excluding carboxylic acids is 2. The van der Waals surface area contributed by atoms with Crippen LogP contribution < -0.4 is 5.32 Å². The molecular weight excluding hydrogens is 342 g/mol. The van der Waals surface area contributed by atoms with Gasteiger partial charge in [-0.2, -0.15) is 0 Å². The first-order valence-corrected chi connectivity index (χ1v) is 10.4. The minimum atomic E-state index is -0.796. The van der Waals surface area contributed by atoms with Gasteiger partial charge in [-0.1, -0.05) is 13.8 Å². The molecule has 6 heteroatoms. The largest absolute Gasteiger partial charge is 0.395 e. The molecule has 2 amide bonds. The molecule has 1 heterocycles. The average Bonchev–Trinajstić information content (AvgIpc) is 2.98. The van der Waals surface area contributed by atoms with Crippen LogP contribution in [0.5, 0.6) is 0 Å². The molecule has 1 saturated carbocycles. The Kier molecular flexibility index (Phi) is 6.96. The predicted molar refractivity (Wildman–Crippen MR) is 107 cm³/mol. The van der Waals surface area contributed by atoms with Gasteiger partial charge in [0.25, 0.3) is 0 Å². The van der Waals surface area contributed by atoms with Gasteiger partial charge in [0.05, 0.1) is 18.1 Å². The molecule has 6 nitrogen and oxygen atoms in total. The van der Waals surface area contributed by atoms with Gasteiger partial charge >= 0.3 is 0 Å². The second-order valence-corrected chi connectivity index (χ2v) is 9.89. The molecule has 0 aromatic heterocycles. The highest BCUT2D eigenvalue weighted by Gasteiger charge is 2.45. The maximum absolute atomic E-state index is 13.4. The van der Waals surface area contributed by atoms with Crippen molar-refractivity contribution in [2.45, 2.75) is 84.8 Å². The third-order valence-corrected chi connectivity index (χ3v) is 6.48. The molecular formula is C21H39N3O3. The highest BCUT2D eigenvalue weighted by molar-refractivity contribution is 5.84. The summed E-state index contributed by atoms with van der Waals surface area (Å²) in [7, 11) is 1.96. The Morgan fingerprint density at radius 2 is 1.81 bits per heavy atom. The van der Waals surface area contributed by atoms with Crippen LogP contribution >= 0.6 is 0 Å². The molecule has 2 aliphatic rings. The molecule has 1 saturated heterocycles. The Labute approximate surface area is 164 Å². The Balaban J connectivity index is 2.23. The lowest BCUT2D eigenvalue weighted by atomic mass is 9.74. The lowest BCUT2D eigenvalue weighted by Gasteiger charge is -2.45. The second-order valence-electron chi connectivity index (χ2n) is 9.89. The van der Waals surface area contributed by atoms with Crippen LogP contribution in [-0.4, -0.2) is 71.6 Å². The van der Waals surface area contributed by atoms with Crippen molar-refractivity contribution in [1.29, 1.82) is 0 Å². The van der Waals surface area contributed by atoms with Crippen LogP contribution in [0.25, 0.3) is 0 Å². The molecule has 2 N–H and O–H groups in total. The first-order chi connectivity index (χ1) is 12.5. The van der Waals surface area contributed by atoms with Crippen molar-refractivity contribution in [2.24, 2.45) is 10.8 Å². The van der Waals surface area contributed by atoms with E-state index in [0.717, 1.165) is 25.7 Å². The standard InChI is InChI=1S/C21H39N3O3/c1-7-22-18(26)17-12-16(13-23(17)6)24(19(27)21(4,5)14-25)15-8-10-20(2,3)11-9-15/h15-17,25H,7-14H2,1-6H3,(H,22,26)/t16-,17-/m0/s1. The van der Waals surface area contributed by atoms with Gasteiger partial charge in [-0.05, 0) is 65.3 Å². The molecule has 2 rings (SSSR count). The van der Waals surface area contributed by atoms with E-state index in [-0.39, 0.29) is 36.5 Å². The third kappa shape index (κ3) is 5.02. The fourth-order valence-electron chi connectivity index (χ4n) is 4.48. The van der Waals surface area contributed by atoms with Crippen LogP contribution in [0.15, 0.2) is 0 Å². The molecule has 0 aromatic rings. The normalized spacial score (nSPS) is 26.8. The van der Waals surface area contributed by atoms with Crippen molar-refractivity contribution < 1.29 is 14.7 Å². The summed E-state index contributed by atoms with van der Waals surface area (Å²) in [6, 6.07) is 0.0254. The Morgan fingerprint density at radius 1 is 1.22 bits per heavy atom. The minimum absolute atomic E-state index is 0.0182. The van der Waals surface area contributed by atoms with Gasteiger partial charge in [-0.25, -0.2) is 0 Å². The summed E-state index contributed by atoms with van der Waals surface area (Å²) in [5, 5.41) is 12.7. The second kappa shape index (κ2) is 8.48. The number of amides is 2. The summed E-state index contributed by atoms with van der Waals surface area (Å²) >= 11 is 0. The van der Waals surface area contributed by atoms with Crippen molar-refractivity contribution in [3.63, 3.8) is 0 Å². The number of likely N-dealkylation sites (tertiary alicyclic amines) is 1. The molecule has 0 bridgehead atoms. The average molecular weight is 382 g/mol. The van der Waals surface area contributed by atoms with Crippen LogP contribution in [-0.2, 0) is 9.59 Å². The zero-order valence-corrected chi connectivity index (χ0v) is 18.0. The fourth-order valence-corrected chi connectivity index (χ4v) is 4.48. The van der Waals surface area contributed by atoms with Crippen molar-refractivity contribution >= 4 is 11.8 Å². The van der Waals surface area contributed by atoms with Crippen molar-refractivity contribution in [2.75, 3.05) is 26.7 Å². The van der Waals surface area contributed by atoms with Crippen LogP contribution in [0.4, 0.5) is 0 Å². The number of nitrogens with zero attached hydrogens (tertiary/aromatic N) is 2. The zero-order chi connectivity index (χ0) is 20.4. The van der Waals surface area contributed by atoms with Crippen molar-refractivity contribution in [3.8, 4) is 0 Å². The lowest BCUT2D eigenvalue weighted by Crippen LogP contribution is -2.54. The van der Waals surface area contributed by atoms with Gasteiger partial charge in [0.15, 0.2) is 0 Å². The van der Waals surface area contributed by atoms with E-state index in [1.54, 1.807) is 0 Å². The number of aliphatic hydroxyl groups excluding tert-OH is 1. The van der Waals surface area contributed by atoms with Crippen LogP contribution in [0.2, 0.25) is 0 Å². The monoisotopic (exact) mass is 381 g/mol. The molecule has 0 radical (unpaired) electrons. The Bertz CT molecular complexity index is 537. The zero-order valence-electron chi connectivity index (χ0n) is 18.0. The maximum Gasteiger partial charge on any atom is 0.237 e. The Hall–Kier alpha value is -1.14. The number of carbonyl (C=O) groups is 2. The number of aliphatic hydroxyl groups is 1. The van der Waals surface area contributed by atoms with Crippen LogP contribution in [0, 0.1) is 10.8 Å². The molecule has 1 aliphatic heterocycles.